The Labute approximate surface area is 223 Å². The lowest BCUT2D eigenvalue weighted by Crippen LogP contribution is -2.41. The molecule has 1 saturated heterocycles. The highest BCUT2D eigenvalue weighted by molar-refractivity contribution is 7.15. The van der Waals surface area contributed by atoms with Gasteiger partial charge in [-0.2, -0.15) is 0 Å². The van der Waals surface area contributed by atoms with E-state index in [0.29, 0.717) is 19.0 Å². The maximum atomic E-state index is 13.6. The summed E-state index contributed by atoms with van der Waals surface area (Å²) in [4.78, 5) is 25.0. The summed E-state index contributed by atoms with van der Waals surface area (Å²) in [6.45, 7) is 6.81. The number of carbonyl (C=O) groups is 1. The second-order valence-corrected chi connectivity index (χ2v) is 11.5. The van der Waals surface area contributed by atoms with Gasteiger partial charge in [0.05, 0.1) is 28.5 Å². The fourth-order valence-corrected chi connectivity index (χ4v) is 5.86. The number of hydrogen-bond acceptors (Lipinski definition) is 6. The number of thiazole rings is 1. The molecular weight excluding hydrogens is 503 g/mol. The summed E-state index contributed by atoms with van der Waals surface area (Å²) in [5, 5.41) is 1.99. The number of imidazole rings is 2. The average molecular weight is 533 g/mol. The molecule has 0 saturated carbocycles. The first-order valence-electron chi connectivity index (χ1n) is 12.7. The van der Waals surface area contributed by atoms with Gasteiger partial charge < -0.3 is 19.9 Å². The molecule has 8 nitrogen and oxygen atoms in total. The number of nitrogens with two attached hydrogens (primary N) is 1. The smallest absolute Gasteiger partial charge is 0.410 e. The van der Waals surface area contributed by atoms with E-state index in [9.17, 15) is 9.18 Å². The van der Waals surface area contributed by atoms with Crippen LogP contribution in [0.15, 0.2) is 54.0 Å². The van der Waals surface area contributed by atoms with Crippen LogP contribution in [0, 0.1) is 5.82 Å². The zero-order valence-corrected chi connectivity index (χ0v) is 22.3. The van der Waals surface area contributed by atoms with Gasteiger partial charge in [0.1, 0.15) is 11.4 Å². The van der Waals surface area contributed by atoms with Crippen molar-refractivity contribution in [1.82, 2.24) is 23.8 Å². The van der Waals surface area contributed by atoms with Gasteiger partial charge in [-0.3, -0.25) is 4.40 Å². The van der Waals surface area contributed by atoms with Gasteiger partial charge in [-0.25, -0.2) is 19.2 Å². The van der Waals surface area contributed by atoms with E-state index in [-0.39, 0.29) is 18.0 Å². The van der Waals surface area contributed by atoms with Crippen LogP contribution in [0.1, 0.15) is 33.6 Å². The van der Waals surface area contributed by atoms with Gasteiger partial charge in [-0.1, -0.05) is 6.07 Å². The third-order valence-electron chi connectivity index (χ3n) is 6.83. The molecule has 6 rings (SSSR count). The van der Waals surface area contributed by atoms with Crippen LogP contribution in [0.2, 0.25) is 0 Å². The number of nitrogens with zero attached hydrogens (tertiary/aromatic N) is 5. The Morgan fingerprint density at radius 3 is 2.68 bits per heavy atom. The van der Waals surface area contributed by atoms with E-state index in [1.54, 1.807) is 28.4 Å². The van der Waals surface area contributed by atoms with Crippen molar-refractivity contribution in [3.05, 3.63) is 59.9 Å². The zero-order valence-electron chi connectivity index (χ0n) is 21.5. The van der Waals surface area contributed by atoms with E-state index in [1.807, 2.05) is 49.0 Å². The highest BCUT2D eigenvalue weighted by Gasteiger charge is 2.33. The Bertz CT molecular complexity index is 1650. The first-order chi connectivity index (χ1) is 18.2. The molecule has 38 heavy (non-hydrogen) atoms. The largest absolute Gasteiger partial charge is 0.444 e. The molecule has 1 amide bonds. The molecule has 0 radical (unpaired) electrons. The molecule has 4 heterocycles. The van der Waals surface area contributed by atoms with E-state index in [1.165, 1.54) is 12.1 Å². The van der Waals surface area contributed by atoms with E-state index in [4.69, 9.17) is 15.5 Å². The zero-order chi connectivity index (χ0) is 26.6. The number of benzene rings is 2. The van der Waals surface area contributed by atoms with Crippen molar-refractivity contribution >= 4 is 39.4 Å². The molecule has 1 atom stereocenters. The highest BCUT2D eigenvalue weighted by Crippen LogP contribution is 2.36. The van der Waals surface area contributed by atoms with E-state index >= 15 is 0 Å². The summed E-state index contributed by atoms with van der Waals surface area (Å²) in [5.41, 5.74) is 11.0. The summed E-state index contributed by atoms with van der Waals surface area (Å²) in [6, 6.07) is 12.4. The van der Waals surface area contributed by atoms with E-state index < -0.39 is 5.60 Å². The predicted molar refractivity (Wildman–Crippen MR) is 148 cm³/mol. The van der Waals surface area contributed by atoms with Crippen molar-refractivity contribution in [3.8, 4) is 22.5 Å². The number of fused-ring (bicyclic) bond motifs is 2. The molecule has 1 aliphatic rings. The van der Waals surface area contributed by atoms with E-state index in [0.717, 1.165) is 51.4 Å². The molecule has 2 N–H and O–H groups in total. The van der Waals surface area contributed by atoms with Crippen molar-refractivity contribution < 1.29 is 13.9 Å². The maximum Gasteiger partial charge on any atom is 0.410 e. The van der Waals surface area contributed by atoms with Crippen LogP contribution in [0.4, 0.5) is 15.1 Å². The van der Waals surface area contributed by atoms with Crippen molar-refractivity contribution in [2.45, 2.75) is 51.8 Å². The topological polar surface area (TPSA) is 90.7 Å². The molecule has 196 valence electrons. The standard InChI is InChI=1S/C28H29FN6O2S/c1-28(2,3)37-27(36)33-12-4-5-20(33)16-35-22-15-18(8-11-21(22)31-25(35)30)24-23(17-6-9-19(29)10-7-17)32-26-34(24)13-14-38-26/h6-11,13-15,20H,4-5,12,16H2,1-3H3,(H2,30,31). The predicted octanol–water partition coefficient (Wildman–Crippen LogP) is 6.20. The van der Waals surface area contributed by atoms with Gasteiger partial charge in [0.2, 0.25) is 5.95 Å². The van der Waals surface area contributed by atoms with Crippen LogP contribution in [0.3, 0.4) is 0 Å². The van der Waals surface area contributed by atoms with Crippen molar-refractivity contribution in [3.63, 3.8) is 0 Å². The van der Waals surface area contributed by atoms with Gasteiger partial charge in [0.25, 0.3) is 0 Å². The van der Waals surface area contributed by atoms with Gasteiger partial charge in [0.15, 0.2) is 4.96 Å². The molecule has 1 aliphatic heterocycles. The van der Waals surface area contributed by atoms with Gasteiger partial charge in [-0.05, 0) is 70.0 Å². The minimum atomic E-state index is -0.555. The number of aromatic nitrogens is 4. The number of halogens is 1. The molecule has 0 spiro atoms. The van der Waals surface area contributed by atoms with Gasteiger partial charge >= 0.3 is 6.09 Å². The van der Waals surface area contributed by atoms with Gasteiger partial charge in [0, 0.05) is 35.8 Å². The highest BCUT2D eigenvalue weighted by atomic mass is 32.1. The fraction of sp³-hybridized carbons (Fsp3) is 0.321. The summed E-state index contributed by atoms with van der Waals surface area (Å²) in [6.07, 6.45) is 3.47. The van der Waals surface area contributed by atoms with Crippen molar-refractivity contribution in [2.75, 3.05) is 12.3 Å². The Balaban J connectivity index is 1.40. The molecule has 1 fully saturated rings. The Kier molecular flexibility index (Phi) is 5.86. The molecule has 2 aromatic carbocycles. The van der Waals surface area contributed by atoms with Crippen molar-refractivity contribution in [1.29, 1.82) is 0 Å². The number of carbonyl (C=O) groups excluding carboxylic acids is 1. The number of amides is 1. The first kappa shape index (κ1) is 24.4. The van der Waals surface area contributed by atoms with E-state index in [2.05, 4.69) is 15.5 Å². The van der Waals surface area contributed by atoms with Crippen LogP contribution >= 0.6 is 11.3 Å². The summed E-state index contributed by atoms with van der Waals surface area (Å²) >= 11 is 1.54. The quantitative estimate of drug-likeness (QED) is 0.298. The second kappa shape index (κ2) is 9.13. The number of ether oxygens (including phenoxy) is 1. The SMILES string of the molecule is CC(C)(C)OC(=O)N1CCCC1Cn1c(N)nc2ccc(-c3c(-c4ccc(F)cc4)nc4sccn34)cc21. The summed E-state index contributed by atoms with van der Waals surface area (Å²) in [7, 11) is 0. The molecule has 5 aromatic rings. The molecule has 3 aromatic heterocycles. The minimum Gasteiger partial charge on any atom is -0.444 e. The Morgan fingerprint density at radius 1 is 1.16 bits per heavy atom. The van der Waals surface area contributed by atoms with Crippen LogP contribution < -0.4 is 5.73 Å². The van der Waals surface area contributed by atoms with Crippen LogP contribution in [0.5, 0.6) is 0 Å². The maximum absolute atomic E-state index is 13.6. The van der Waals surface area contributed by atoms with Crippen LogP contribution in [-0.2, 0) is 11.3 Å². The molecule has 0 bridgehead atoms. The number of hydrogen-bond donors (Lipinski definition) is 1. The van der Waals surface area contributed by atoms with Crippen LogP contribution in [0.25, 0.3) is 38.5 Å². The summed E-state index contributed by atoms with van der Waals surface area (Å²) < 4.78 is 23.3. The normalized spacial score (nSPS) is 16.1. The van der Waals surface area contributed by atoms with Crippen molar-refractivity contribution in [2.24, 2.45) is 0 Å². The van der Waals surface area contributed by atoms with Crippen LogP contribution in [-0.4, -0.2) is 48.1 Å². The lowest BCUT2D eigenvalue weighted by Gasteiger charge is -2.29. The first-order valence-corrected chi connectivity index (χ1v) is 13.5. The number of likely N-dealkylation sites (tertiary alicyclic amines) is 1. The molecular formula is C28H29FN6O2S. The Hall–Kier alpha value is -3.92. The number of nitrogen functional groups attached to an aromatic ring is 1. The molecule has 0 aliphatic carbocycles. The fourth-order valence-electron chi connectivity index (χ4n) is 5.15. The average Bonchev–Trinajstić information content (AvgIpc) is 3.62. The monoisotopic (exact) mass is 532 g/mol. The number of anilines is 1. The molecule has 1 unspecified atom stereocenters. The Morgan fingerprint density at radius 2 is 1.92 bits per heavy atom. The number of rotatable bonds is 4. The second-order valence-electron chi connectivity index (χ2n) is 10.6. The summed E-state index contributed by atoms with van der Waals surface area (Å²) in [5.74, 6) is 0.116. The lowest BCUT2D eigenvalue weighted by molar-refractivity contribution is 0.0215. The lowest BCUT2D eigenvalue weighted by atomic mass is 10.0. The van der Waals surface area contributed by atoms with Gasteiger partial charge in [-0.15, -0.1) is 11.3 Å². The minimum absolute atomic E-state index is 0.0403. The molecule has 10 heteroatoms. The third-order valence-corrected chi connectivity index (χ3v) is 7.59. The third kappa shape index (κ3) is 4.38.